The van der Waals surface area contributed by atoms with Crippen LogP contribution >= 0.6 is 24.0 Å². The molecule has 1 saturated carbocycles. The Labute approximate surface area is 254 Å². The first kappa shape index (κ1) is 29.8. The number of ether oxygens (including phenoxy) is 3. The molecule has 1 saturated heterocycles. The van der Waals surface area contributed by atoms with Crippen LogP contribution in [0.1, 0.15) is 54.9 Å². The van der Waals surface area contributed by atoms with E-state index in [0.29, 0.717) is 39.7 Å². The summed E-state index contributed by atoms with van der Waals surface area (Å²) in [5.74, 6) is 0.957. The molecule has 0 N–H and O–H groups in total. The third-order valence-electron chi connectivity index (χ3n) is 7.43. The van der Waals surface area contributed by atoms with Crippen LogP contribution in [0.25, 0.3) is 6.08 Å². The van der Waals surface area contributed by atoms with Gasteiger partial charge < -0.3 is 14.2 Å². The summed E-state index contributed by atoms with van der Waals surface area (Å²) in [6.45, 7) is 0.452. The minimum Gasteiger partial charge on any atom is -0.489 e. The minimum absolute atomic E-state index is 0.153. The maximum Gasteiger partial charge on any atom is 0.294 e. The zero-order valence-electron chi connectivity index (χ0n) is 23.1. The summed E-state index contributed by atoms with van der Waals surface area (Å²) in [4.78, 5) is 25.2. The summed E-state index contributed by atoms with van der Waals surface area (Å²) in [6, 6.07) is 22.3. The number of halogens is 1. The lowest BCUT2D eigenvalue weighted by molar-refractivity contribution is -0.135. The van der Waals surface area contributed by atoms with E-state index in [9.17, 15) is 14.0 Å². The number of thioether (sulfide) groups is 1. The van der Waals surface area contributed by atoms with Gasteiger partial charge in [-0.05, 0) is 59.9 Å². The summed E-state index contributed by atoms with van der Waals surface area (Å²) < 4.78 is 31.5. The van der Waals surface area contributed by atoms with Crippen LogP contribution in [0.2, 0.25) is 0 Å². The van der Waals surface area contributed by atoms with Gasteiger partial charge in [0.25, 0.3) is 12.4 Å². The first-order chi connectivity index (χ1) is 20.5. The molecule has 2 fully saturated rings. The Hall–Kier alpha value is -3.69. The molecule has 0 bridgehead atoms. The number of thiocarbonyl (C=S) groups is 1. The van der Waals surface area contributed by atoms with Crippen LogP contribution in [0.3, 0.4) is 0 Å². The van der Waals surface area contributed by atoms with Crippen LogP contribution in [-0.2, 0) is 20.7 Å². The lowest BCUT2D eigenvalue weighted by atomic mass is 9.82. The van der Waals surface area contributed by atoms with Crippen molar-refractivity contribution in [2.24, 2.45) is 5.92 Å². The number of nitrogens with zero attached hydrogens (tertiary/aromatic N) is 1. The lowest BCUT2D eigenvalue weighted by Gasteiger charge is -2.31. The third-order valence-corrected chi connectivity index (χ3v) is 8.81. The molecule has 1 atom stereocenters. The number of carbonyl (C=O) groups is 2. The Balaban J connectivity index is 1.43. The highest BCUT2D eigenvalue weighted by molar-refractivity contribution is 8.26. The molecule has 6 nitrogen and oxygen atoms in total. The molecule has 0 aromatic heterocycles. The van der Waals surface area contributed by atoms with Crippen LogP contribution in [0.15, 0.2) is 77.7 Å². The van der Waals surface area contributed by atoms with E-state index in [1.165, 1.54) is 36.3 Å². The van der Waals surface area contributed by atoms with Crippen LogP contribution in [-0.4, -0.2) is 34.9 Å². The number of benzene rings is 3. The molecule has 1 amide bonds. The predicted molar refractivity (Wildman–Crippen MR) is 165 cm³/mol. The van der Waals surface area contributed by atoms with Crippen molar-refractivity contribution in [3.8, 4) is 11.5 Å². The Morgan fingerprint density at radius 3 is 2.50 bits per heavy atom. The minimum atomic E-state index is -0.321. The molecular weight excluding hydrogens is 573 g/mol. The van der Waals surface area contributed by atoms with Gasteiger partial charge in [0.2, 0.25) is 0 Å². The van der Waals surface area contributed by atoms with Crippen molar-refractivity contribution in [1.29, 1.82) is 0 Å². The van der Waals surface area contributed by atoms with E-state index in [4.69, 9.17) is 26.4 Å². The molecule has 0 spiro atoms. The molecule has 5 rings (SSSR count). The van der Waals surface area contributed by atoms with Gasteiger partial charge in [0.1, 0.15) is 11.9 Å². The van der Waals surface area contributed by atoms with Gasteiger partial charge in [0.05, 0.1) is 11.5 Å². The van der Waals surface area contributed by atoms with E-state index in [1.807, 2.05) is 36.4 Å². The van der Waals surface area contributed by atoms with Crippen LogP contribution in [0.5, 0.6) is 11.5 Å². The van der Waals surface area contributed by atoms with Gasteiger partial charge in [-0.15, -0.1) is 0 Å². The lowest BCUT2D eigenvalue weighted by Crippen LogP contribution is -2.30. The van der Waals surface area contributed by atoms with E-state index < -0.39 is 0 Å². The molecule has 1 heterocycles. The van der Waals surface area contributed by atoms with Crippen molar-refractivity contribution in [3.63, 3.8) is 0 Å². The first-order valence-electron chi connectivity index (χ1n) is 14.1. The first-order valence-corrected chi connectivity index (χ1v) is 15.3. The summed E-state index contributed by atoms with van der Waals surface area (Å²) in [5, 5.41) is 0. The highest BCUT2D eigenvalue weighted by Crippen LogP contribution is 2.41. The van der Waals surface area contributed by atoms with Crippen LogP contribution < -0.4 is 9.47 Å². The molecule has 1 unspecified atom stereocenters. The molecule has 1 aliphatic carbocycles. The average Bonchev–Trinajstić information content (AvgIpc) is 3.28. The van der Waals surface area contributed by atoms with Crippen molar-refractivity contribution in [3.05, 3.63) is 100 Å². The van der Waals surface area contributed by atoms with E-state index in [-0.39, 0.29) is 31.0 Å². The SMILES string of the molecule is O=COCN1C(=O)/C(=C/c2ccc(OCCc3ccc(F)cc3)c(OC(c3ccccc3)C3CCCCC3)c2)SC1=S. The smallest absolute Gasteiger partial charge is 0.294 e. The Kier molecular flexibility index (Phi) is 10.3. The molecule has 218 valence electrons. The molecule has 9 heteroatoms. The maximum absolute atomic E-state index is 13.3. The summed E-state index contributed by atoms with van der Waals surface area (Å²) in [7, 11) is 0. The largest absolute Gasteiger partial charge is 0.489 e. The summed E-state index contributed by atoms with van der Waals surface area (Å²) >= 11 is 6.47. The van der Waals surface area contributed by atoms with Gasteiger partial charge in [0, 0.05) is 12.3 Å². The monoisotopic (exact) mass is 605 g/mol. The van der Waals surface area contributed by atoms with Crippen molar-refractivity contribution in [2.75, 3.05) is 13.3 Å². The number of amides is 1. The van der Waals surface area contributed by atoms with Gasteiger partial charge >= 0.3 is 0 Å². The number of carbonyl (C=O) groups excluding carboxylic acids is 2. The zero-order chi connectivity index (χ0) is 29.3. The normalized spacial score (nSPS) is 17.4. The van der Waals surface area contributed by atoms with Gasteiger partial charge in [0.15, 0.2) is 22.6 Å². The molecule has 3 aromatic carbocycles. The summed E-state index contributed by atoms with van der Waals surface area (Å²) in [5.41, 5.74) is 2.84. The van der Waals surface area contributed by atoms with E-state index in [0.717, 1.165) is 41.3 Å². The Bertz CT molecular complexity index is 1420. The van der Waals surface area contributed by atoms with E-state index in [2.05, 4.69) is 12.1 Å². The quantitative estimate of drug-likeness (QED) is 0.120. The second-order valence-corrected chi connectivity index (χ2v) is 12.0. The maximum atomic E-state index is 13.3. The topological polar surface area (TPSA) is 65.1 Å². The average molecular weight is 606 g/mol. The highest BCUT2D eigenvalue weighted by atomic mass is 32.2. The highest BCUT2D eigenvalue weighted by Gasteiger charge is 2.33. The van der Waals surface area contributed by atoms with Crippen molar-refractivity contribution < 1.29 is 28.2 Å². The number of rotatable bonds is 12. The fourth-order valence-corrected chi connectivity index (χ4v) is 6.51. The molecule has 42 heavy (non-hydrogen) atoms. The van der Waals surface area contributed by atoms with Gasteiger partial charge in [-0.2, -0.15) is 0 Å². The second-order valence-electron chi connectivity index (χ2n) is 10.3. The molecular formula is C33H32FNO5S2. The third kappa shape index (κ3) is 7.57. The Morgan fingerprint density at radius 1 is 1.00 bits per heavy atom. The molecule has 0 radical (unpaired) electrons. The fourth-order valence-electron chi connectivity index (χ4n) is 5.28. The van der Waals surface area contributed by atoms with Gasteiger partial charge in [-0.1, -0.05) is 91.8 Å². The Morgan fingerprint density at radius 2 is 1.76 bits per heavy atom. The summed E-state index contributed by atoms with van der Waals surface area (Å²) in [6.07, 6.45) is 7.98. The van der Waals surface area contributed by atoms with Gasteiger partial charge in [-0.25, -0.2) is 4.39 Å². The van der Waals surface area contributed by atoms with Crippen molar-refractivity contribution >= 4 is 46.8 Å². The number of hydrogen-bond acceptors (Lipinski definition) is 7. The molecule has 3 aromatic rings. The van der Waals surface area contributed by atoms with Crippen molar-refractivity contribution in [1.82, 2.24) is 4.90 Å². The van der Waals surface area contributed by atoms with Gasteiger partial charge in [-0.3, -0.25) is 14.5 Å². The van der Waals surface area contributed by atoms with Crippen LogP contribution in [0.4, 0.5) is 4.39 Å². The zero-order valence-corrected chi connectivity index (χ0v) is 24.7. The van der Waals surface area contributed by atoms with E-state index >= 15 is 0 Å². The fraction of sp³-hybridized carbons (Fsp3) is 0.303. The van der Waals surface area contributed by atoms with Crippen molar-refractivity contribution in [2.45, 2.75) is 44.6 Å². The number of hydrogen-bond donors (Lipinski definition) is 0. The molecule has 1 aliphatic heterocycles. The standard InChI is InChI=1S/C33H32FNO5S2/c34-27-14-11-23(12-15-27)17-18-39-28-16-13-24(20-30-32(37)35(21-38-22-36)33(41)42-30)19-29(28)40-31(25-7-3-1-4-8-25)26-9-5-2-6-10-26/h1,3-4,7-8,11-16,19-20,22,26,31H,2,5-6,9-10,17-18,21H2/b30-20-. The van der Waals surface area contributed by atoms with E-state index in [1.54, 1.807) is 18.2 Å². The second kappa shape index (κ2) is 14.5. The predicted octanol–water partition coefficient (Wildman–Crippen LogP) is 7.48. The molecule has 2 aliphatic rings. The van der Waals surface area contributed by atoms with Crippen LogP contribution in [0, 0.1) is 11.7 Å².